The third-order valence-electron chi connectivity index (χ3n) is 6.61. The van der Waals surface area contributed by atoms with Crippen molar-refractivity contribution in [1.29, 1.82) is 0 Å². The number of nitrogens with one attached hydrogen (secondary N) is 1. The highest BCUT2D eigenvalue weighted by atomic mass is 35.5. The number of halogens is 4. The molecule has 4 aromatic rings. The highest BCUT2D eigenvalue weighted by molar-refractivity contribution is 6.40. The molecule has 2 aromatic carbocycles. The summed E-state index contributed by atoms with van der Waals surface area (Å²) in [5.41, 5.74) is 2.33. The van der Waals surface area contributed by atoms with Gasteiger partial charge in [0.05, 0.1) is 21.3 Å². The largest absolute Gasteiger partial charge is 0.351 e. The second-order valence-corrected chi connectivity index (χ2v) is 10.0. The molecule has 0 aliphatic heterocycles. The van der Waals surface area contributed by atoms with E-state index in [1.807, 2.05) is 13.0 Å². The highest BCUT2D eigenvalue weighted by Crippen LogP contribution is 2.34. The maximum atomic E-state index is 14.6. The Morgan fingerprint density at radius 1 is 1.16 bits per heavy atom. The van der Waals surface area contributed by atoms with Gasteiger partial charge in [-0.15, -0.1) is 0 Å². The summed E-state index contributed by atoms with van der Waals surface area (Å²) in [7, 11) is 0. The normalized spacial score (nSPS) is 15.9. The zero-order valence-corrected chi connectivity index (χ0v) is 22.1. The molecule has 194 valence electrons. The van der Waals surface area contributed by atoms with Crippen molar-refractivity contribution in [2.45, 2.75) is 26.2 Å². The minimum Gasteiger partial charge on any atom is -0.351 e. The van der Waals surface area contributed by atoms with Gasteiger partial charge in [-0.1, -0.05) is 41.4 Å². The minimum atomic E-state index is -0.495. The van der Waals surface area contributed by atoms with E-state index in [1.54, 1.807) is 37.3 Å². The number of nitrogens with zero attached hydrogens (tertiary/aromatic N) is 4. The van der Waals surface area contributed by atoms with Crippen molar-refractivity contribution in [2.75, 3.05) is 6.54 Å². The number of carbonyl (C=O) groups excluding carboxylic acids is 1. The van der Waals surface area contributed by atoms with E-state index < -0.39 is 17.6 Å². The van der Waals surface area contributed by atoms with Gasteiger partial charge in [0.1, 0.15) is 29.3 Å². The van der Waals surface area contributed by atoms with Gasteiger partial charge in [-0.05, 0) is 68.2 Å². The van der Waals surface area contributed by atoms with E-state index in [9.17, 15) is 13.6 Å². The second kappa shape index (κ2) is 10.6. The van der Waals surface area contributed by atoms with Crippen LogP contribution in [0.3, 0.4) is 0 Å². The molecule has 5 rings (SSSR count). The van der Waals surface area contributed by atoms with Crippen molar-refractivity contribution in [2.24, 2.45) is 5.92 Å². The van der Waals surface area contributed by atoms with Crippen LogP contribution in [0.1, 0.15) is 39.8 Å². The number of fused-ring (bicyclic) bond motifs is 1. The lowest BCUT2D eigenvalue weighted by Gasteiger charge is -2.26. The number of carbonyl (C=O) groups is 1. The average molecular weight is 554 g/mol. The number of amides is 1. The van der Waals surface area contributed by atoms with Crippen LogP contribution in [0.25, 0.3) is 16.6 Å². The molecule has 6 nitrogen and oxygen atoms in total. The van der Waals surface area contributed by atoms with E-state index in [1.165, 1.54) is 29.2 Å². The van der Waals surface area contributed by atoms with Gasteiger partial charge in [0.25, 0.3) is 5.91 Å². The van der Waals surface area contributed by atoms with Crippen molar-refractivity contribution in [3.8, 4) is 5.69 Å². The predicted octanol–water partition coefficient (Wildman–Crippen LogP) is 6.82. The van der Waals surface area contributed by atoms with Gasteiger partial charge in [0.15, 0.2) is 0 Å². The number of hydrogen-bond donors (Lipinski definition) is 1. The van der Waals surface area contributed by atoms with Gasteiger partial charge >= 0.3 is 0 Å². The summed E-state index contributed by atoms with van der Waals surface area (Å²) in [6.07, 6.45) is 6.70. The maximum Gasteiger partial charge on any atom is 0.254 e. The summed E-state index contributed by atoms with van der Waals surface area (Å²) in [5, 5.41) is 8.09. The molecular formula is C28H23Cl2F2N5O. The molecule has 1 amide bonds. The van der Waals surface area contributed by atoms with Gasteiger partial charge in [-0.25, -0.2) is 23.4 Å². The van der Waals surface area contributed by atoms with Gasteiger partial charge in [-0.2, -0.15) is 5.10 Å². The zero-order chi connectivity index (χ0) is 27.0. The van der Waals surface area contributed by atoms with Crippen molar-refractivity contribution in [1.82, 2.24) is 25.1 Å². The highest BCUT2D eigenvalue weighted by Gasteiger charge is 2.27. The topological polar surface area (TPSA) is 72.7 Å². The number of aromatic nitrogens is 4. The lowest BCUT2D eigenvalue weighted by atomic mass is 9.83. The van der Waals surface area contributed by atoms with Crippen molar-refractivity contribution < 1.29 is 13.6 Å². The predicted molar refractivity (Wildman–Crippen MR) is 144 cm³/mol. The molecule has 0 spiro atoms. The minimum absolute atomic E-state index is 0.101. The summed E-state index contributed by atoms with van der Waals surface area (Å²) in [6.45, 7) is 3.73. The molecule has 10 heteroatoms. The zero-order valence-electron chi connectivity index (χ0n) is 20.6. The Hall–Kier alpha value is -3.62. The van der Waals surface area contributed by atoms with Crippen LogP contribution in [0.4, 0.5) is 8.78 Å². The number of benzene rings is 2. The lowest BCUT2D eigenvalue weighted by molar-refractivity contribution is 0.0949. The first kappa shape index (κ1) is 26.0. The molecule has 0 saturated carbocycles. The standard InChI is InChI=1S/C28H23Cl2F2N5O/c1-15-6-8-24(32)27-20(15)7-9-25(35-27)21(17-4-3-5-18(31)10-17)13-33-28(38)26-22(29)11-19(12-23(26)30)37-14-34-16(2)36-37/h3,5-12,14,17,21H,4,13H2,1-2H3,(H,33,38)/t17?,21-/m0/s1. The van der Waals surface area contributed by atoms with Crippen LogP contribution >= 0.6 is 23.2 Å². The van der Waals surface area contributed by atoms with Crippen LogP contribution in [-0.2, 0) is 0 Å². The Morgan fingerprint density at radius 2 is 1.92 bits per heavy atom. The van der Waals surface area contributed by atoms with Gasteiger partial charge in [-0.3, -0.25) is 4.79 Å². The average Bonchev–Trinajstić information content (AvgIpc) is 3.32. The van der Waals surface area contributed by atoms with E-state index in [0.29, 0.717) is 29.0 Å². The number of rotatable bonds is 6. The summed E-state index contributed by atoms with van der Waals surface area (Å²) >= 11 is 12.9. The molecule has 2 aromatic heterocycles. The first-order chi connectivity index (χ1) is 18.2. The van der Waals surface area contributed by atoms with Crippen LogP contribution in [0.5, 0.6) is 0 Å². The van der Waals surface area contributed by atoms with Crippen molar-refractivity contribution >= 4 is 40.0 Å². The molecule has 0 fully saturated rings. The number of pyridine rings is 1. The number of hydrogen-bond acceptors (Lipinski definition) is 4. The van der Waals surface area contributed by atoms with Crippen molar-refractivity contribution in [3.05, 3.63) is 105 Å². The molecular weight excluding hydrogens is 531 g/mol. The first-order valence-corrected chi connectivity index (χ1v) is 12.7. The van der Waals surface area contributed by atoms with Crippen LogP contribution in [0.2, 0.25) is 10.0 Å². The van der Waals surface area contributed by atoms with Crippen LogP contribution < -0.4 is 5.32 Å². The summed E-state index contributed by atoms with van der Waals surface area (Å²) < 4.78 is 30.3. The molecule has 1 aliphatic rings. The summed E-state index contributed by atoms with van der Waals surface area (Å²) in [5.74, 6) is -1.47. The van der Waals surface area contributed by atoms with E-state index in [4.69, 9.17) is 23.2 Å². The van der Waals surface area contributed by atoms with Gasteiger partial charge < -0.3 is 5.32 Å². The lowest BCUT2D eigenvalue weighted by Crippen LogP contribution is -2.32. The fourth-order valence-electron chi connectivity index (χ4n) is 4.64. The molecule has 2 atom stereocenters. The van der Waals surface area contributed by atoms with Gasteiger partial charge in [0, 0.05) is 23.5 Å². The first-order valence-electron chi connectivity index (χ1n) is 12.0. The fourth-order valence-corrected chi connectivity index (χ4v) is 5.29. The van der Waals surface area contributed by atoms with E-state index in [-0.39, 0.29) is 39.4 Å². The Morgan fingerprint density at radius 3 is 2.61 bits per heavy atom. The summed E-state index contributed by atoms with van der Waals surface area (Å²) in [6, 6.07) is 9.83. The third kappa shape index (κ3) is 5.19. The molecule has 2 heterocycles. The maximum absolute atomic E-state index is 14.6. The van der Waals surface area contributed by atoms with Crippen LogP contribution in [0.15, 0.2) is 66.8 Å². The molecule has 0 saturated heterocycles. The number of allylic oxidation sites excluding steroid dienone is 4. The fraction of sp³-hybridized carbons (Fsp3) is 0.214. The third-order valence-corrected chi connectivity index (χ3v) is 7.21. The monoisotopic (exact) mass is 553 g/mol. The Balaban J connectivity index is 1.44. The molecule has 1 aliphatic carbocycles. The van der Waals surface area contributed by atoms with E-state index >= 15 is 0 Å². The number of aryl methyl sites for hydroxylation is 2. The van der Waals surface area contributed by atoms with Gasteiger partial charge in [0.2, 0.25) is 0 Å². The van der Waals surface area contributed by atoms with Crippen LogP contribution in [0, 0.1) is 25.6 Å². The molecule has 0 radical (unpaired) electrons. The Kier molecular flexibility index (Phi) is 7.27. The Bertz CT molecular complexity index is 1590. The SMILES string of the molecule is Cc1ncn(-c2cc(Cl)c(C(=O)NC[C@H](c3ccc4c(C)ccc(F)c4n3)C3C=C(F)C=CC3)c(Cl)c2)n1. The summed E-state index contributed by atoms with van der Waals surface area (Å²) in [4.78, 5) is 21.9. The molecule has 38 heavy (non-hydrogen) atoms. The quantitative estimate of drug-likeness (QED) is 0.284. The van der Waals surface area contributed by atoms with Crippen LogP contribution in [-0.4, -0.2) is 32.2 Å². The second-order valence-electron chi connectivity index (χ2n) is 9.19. The Labute approximate surface area is 228 Å². The smallest absolute Gasteiger partial charge is 0.254 e. The van der Waals surface area contributed by atoms with E-state index in [2.05, 4.69) is 20.4 Å². The van der Waals surface area contributed by atoms with E-state index in [0.717, 1.165) is 5.56 Å². The molecule has 0 bridgehead atoms. The molecule has 1 N–H and O–H groups in total. The molecule has 1 unspecified atom stereocenters. The van der Waals surface area contributed by atoms with Crippen molar-refractivity contribution in [3.63, 3.8) is 0 Å².